The minimum absolute atomic E-state index is 0.0114. The average molecular weight is 405 g/mol. The maximum Gasteiger partial charge on any atom is 0.339 e. The number of benzene rings is 2. The molecule has 2 aromatic carbocycles. The van der Waals surface area contributed by atoms with Gasteiger partial charge in [-0.3, -0.25) is 0 Å². The Bertz CT molecular complexity index is 885. The Morgan fingerprint density at radius 2 is 2.04 bits per heavy atom. The fourth-order valence-corrected chi connectivity index (χ4v) is 3.58. The molecule has 0 aromatic heterocycles. The van der Waals surface area contributed by atoms with E-state index in [0.29, 0.717) is 15.8 Å². The first kappa shape index (κ1) is 19.5. The predicted octanol–water partition coefficient (Wildman–Crippen LogP) is 4.72. The molecular weight excluding hydrogens is 384 g/mol. The van der Waals surface area contributed by atoms with Crippen LogP contribution in [0.25, 0.3) is 0 Å². The number of rotatable bonds is 3. The lowest BCUT2D eigenvalue weighted by Gasteiger charge is -2.38. The molecule has 0 fully saturated rings. The molecule has 0 amide bonds. The summed E-state index contributed by atoms with van der Waals surface area (Å²) >= 11 is 11.5. The Morgan fingerprint density at radius 3 is 2.78 bits per heavy atom. The normalized spacial score (nSPS) is 17.3. The van der Waals surface area contributed by atoms with E-state index in [0.717, 1.165) is 17.7 Å². The molecule has 0 saturated carbocycles. The van der Waals surface area contributed by atoms with Crippen molar-refractivity contribution in [2.75, 3.05) is 12.4 Å². The van der Waals surface area contributed by atoms with Crippen LogP contribution in [0.4, 0.5) is 5.69 Å². The maximum absolute atomic E-state index is 11.8. The number of nitrogens with one attached hydrogen (secondary N) is 2. The lowest BCUT2D eigenvalue weighted by molar-refractivity contribution is 0.0600. The van der Waals surface area contributed by atoms with Crippen LogP contribution in [0.1, 0.15) is 42.2 Å². The molecule has 2 aromatic rings. The zero-order valence-electron chi connectivity index (χ0n) is 15.3. The second-order valence-corrected chi connectivity index (χ2v) is 7.76. The maximum atomic E-state index is 11.8. The number of anilines is 1. The van der Waals surface area contributed by atoms with Crippen molar-refractivity contribution in [1.29, 1.82) is 0 Å². The topological polar surface area (TPSA) is 59.6 Å². The number of carbonyl (C=O) groups is 1. The van der Waals surface area contributed by atoms with Gasteiger partial charge in [-0.25, -0.2) is 4.79 Å². The monoisotopic (exact) mass is 404 g/mol. The fraction of sp³-hybridized carbons (Fsp3) is 0.300. The van der Waals surface area contributed by atoms with E-state index >= 15 is 0 Å². The van der Waals surface area contributed by atoms with Crippen molar-refractivity contribution in [3.8, 4) is 5.75 Å². The van der Waals surface area contributed by atoms with Gasteiger partial charge in [-0.15, -0.1) is 0 Å². The summed E-state index contributed by atoms with van der Waals surface area (Å²) in [5.41, 5.74) is 1.69. The summed E-state index contributed by atoms with van der Waals surface area (Å²) in [6.07, 6.45) is 0.764. The zero-order chi connectivity index (χ0) is 19.6. The van der Waals surface area contributed by atoms with Crippen molar-refractivity contribution in [2.45, 2.75) is 31.9 Å². The van der Waals surface area contributed by atoms with Gasteiger partial charge < -0.3 is 20.1 Å². The molecule has 1 aliphatic heterocycles. The molecular formula is C20H21ClN2O3S. The summed E-state index contributed by atoms with van der Waals surface area (Å²) in [6.45, 7) is 4.10. The van der Waals surface area contributed by atoms with Crippen molar-refractivity contribution in [3.63, 3.8) is 0 Å². The SMILES string of the molecule is COC(=O)c1cc(NC(=S)NC2CC(C)(C)Oc3ccccc32)ccc1Cl. The summed E-state index contributed by atoms with van der Waals surface area (Å²) < 4.78 is 10.8. The Labute approximate surface area is 169 Å². The van der Waals surface area contributed by atoms with E-state index < -0.39 is 5.97 Å². The van der Waals surface area contributed by atoms with Crippen LogP contribution in [-0.4, -0.2) is 23.8 Å². The molecule has 1 atom stereocenters. The molecule has 1 aliphatic rings. The Balaban J connectivity index is 1.76. The second-order valence-electron chi connectivity index (χ2n) is 6.94. The molecule has 1 unspecified atom stereocenters. The standard InChI is InChI=1S/C20H21ClN2O3S/c1-20(2)11-16(13-6-4-5-7-17(13)26-20)23-19(27)22-12-8-9-15(21)14(10-12)18(24)25-3/h4-10,16H,11H2,1-3H3,(H2,22,23,27). The van der Waals surface area contributed by atoms with Gasteiger partial charge in [-0.2, -0.15) is 0 Å². The van der Waals surface area contributed by atoms with Gasteiger partial charge in [-0.1, -0.05) is 29.8 Å². The van der Waals surface area contributed by atoms with Gasteiger partial charge in [0.1, 0.15) is 11.4 Å². The number of fused-ring (bicyclic) bond motifs is 1. The van der Waals surface area contributed by atoms with Crippen molar-refractivity contribution in [1.82, 2.24) is 5.32 Å². The van der Waals surface area contributed by atoms with Gasteiger partial charge >= 0.3 is 5.97 Å². The molecule has 1 heterocycles. The fourth-order valence-electron chi connectivity index (χ4n) is 3.13. The number of hydrogen-bond acceptors (Lipinski definition) is 4. The van der Waals surface area contributed by atoms with Crippen LogP contribution in [0.2, 0.25) is 5.02 Å². The molecule has 142 valence electrons. The number of carbonyl (C=O) groups excluding carboxylic acids is 1. The molecule has 0 spiro atoms. The number of thiocarbonyl (C=S) groups is 1. The zero-order valence-corrected chi connectivity index (χ0v) is 16.9. The number of halogens is 1. The first-order valence-corrected chi connectivity index (χ1v) is 9.31. The van der Waals surface area contributed by atoms with Crippen molar-refractivity contribution in [2.24, 2.45) is 0 Å². The van der Waals surface area contributed by atoms with Crippen LogP contribution in [0.3, 0.4) is 0 Å². The molecule has 0 radical (unpaired) electrons. The van der Waals surface area contributed by atoms with Crippen molar-refractivity contribution in [3.05, 3.63) is 58.6 Å². The quantitative estimate of drug-likeness (QED) is 0.570. The van der Waals surface area contributed by atoms with E-state index in [1.807, 2.05) is 24.3 Å². The summed E-state index contributed by atoms with van der Waals surface area (Å²) in [4.78, 5) is 11.8. The average Bonchev–Trinajstić information content (AvgIpc) is 2.61. The molecule has 0 saturated heterocycles. The minimum Gasteiger partial charge on any atom is -0.487 e. The Hall–Kier alpha value is -2.31. The number of ether oxygens (including phenoxy) is 2. The summed E-state index contributed by atoms with van der Waals surface area (Å²) in [6, 6.07) is 12.9. The van der Waals surface area contributed by atoms with Crippen LogP contribution in [0.5, 0.6) is 5.75 Å². The van der Waals surface area contributed by atoms with Crippen molar-refractivity contribution < 1.29 is 14.3 Å². The van der Waals surface area contributed by atoms with Gasteiger partial charge in [0.2, 0.25) is 0 Å². The number of esters is 1. The molecule has 2 N–H and O–H groups in total. The lowest BCUT2D eigenvalue weighted by Crippen LogP contribution is -2.42. The highest BCUT2D eigenvalue weighted by atomic mass is 35.5. The van der Waals surface area contributed by atoms with Gasteiger partial charge in [0, 0.05) is 17.7 Å². The van der Waals surface area contributed by atoms with E-state index in [9.17, 15) is 4.79 Å². The van der Waals surface area contributed by atoms with Gasteiger partial charge in [0.05, 0.1) is 23.7 Å². The minimum atomic E-state index is -0.498. The second kappa shape index (κ2) is 7.74. The summed E-state index contributed by atoms with van der Waals surface area (Å²) in [5.74, 6) is 0.358. The molecule has 7 heteroatoms. The van der Waals surface area contributed by atoms with E-state index in [2.05, 4.69) is 24.5 Å². The Kier molecular flexibility index (Phi) is 5.58. The van der Waals surface area contributed by atoms with Crippen LogP contribution in [-0.2, 0) is 4.74 Å². The smallest absolute Gasteiger partial charge is 0.339 e. The van der Waals surface area contributed by atoms with Crippen LogP contribution < -0.4 is 15.4 Å². The van der Waals surface area contributed by atoms with E-state index in [-0.39, 0.29) is 17.2 Å². The molecule has 0 aliphatic carbocycles. The van der Waals surface area contributed by atoms with Crippen LogP contribution in [0, 0.1) is 0 Å². The number of methoxy groups -OCH3 is 1. The molecule has 5 nitrogen and oxygen atoms in total. The lowest BCUT2D eigenvalue weighted by atomic mass is 9.90. The van der Waals surface area contributed by atoms with Gasteiger partial charge in [-0.05, 0) is 50.3 Å². The third kappa shape index (κ3) is 4.51. The third-order valence-electron chi connectivity index (χ3n) is 4.31. The largest absolute Gasteiger partial charge is 0.487 e. The predicted molar refractivity (Wildman–Crippen MR) is 111 cm³/mol. The van der Waals surface area contributed by atoms with E-state index in [1.165, 1.54) is 7.11 Å². The van der Waals surface area contributed by atoms with Gasteiger partial charge in [0.25, 0.3) is 0 Å². The first-order valence-electron chi connectivity index (χ1n) is 8.52. The Morgan fingerprint density at radius 1 is 1.30 bits per heavy atom. The highest BCUT2D eigenvalue weighted by Gasteiger charge is 2.33. The summed E-state index contributed by atoms with van der Waals surface area (Å²) in [7, 11) is 1.31. The third-order valence-corrected chi connectivity index (χ3v) is 4.86. The van der Waals surface area contributed by atoms with Crippen LogP contribution >= 0.6 is 23.8 Å². The number of hydrogen-bond donors (Lipinski definition) is 2. The number of para-hydroxylation sites is 1. The van der Waals surface area contributed by atoms with Gasteiger partial charge in [0.15, 0.2) is 5.11 Å². The molecule has 27 heavy (non-hydrogen) atoms. The molecule has 0 bridgehead atoms. The first-order chi connectivity index (χ1) is 12.8. The van der Waals surface area contributed by atoms with Crippen LogP contribution in [0.15, 0.2) is 42.5 Å². The van der Waals surface area contributed by atoms with E-state index in [1.54, 1.807) is 18.2 Å². The van der Waals surface area contributed by atoms with Crippen molar-refractivity contribution >= 4 is 40.6 Å². The summed E-state index contributed by atoms with van der Waals surface area (Å²) in [5, 5.41) is 7.23. The van der Waals surface area contributed by atoms with E-state index in [4.69, 9.17) is 33.3 Å². The highest BCUT2D eigenvalue weighted by molar-refractivity contribution is 7.80. The highest BCUT2D eigenvalue weighted by Crippen LogP contribution is 2.39. The molecule has 3 rings (SSSR count).